The van der Waals surface area contributed by atoms with Gasteiger partial charge in [0.1, 0.15) is 13.1 Å². The molecule has 0 aliphatic rings. The number of nitrogens with zero attached hydrogens (tertiary/aromatic N) is 3. The van der Waals surface area contributed by atoms with Crippen molar-refractivity contribution in [2.45, 2.75) is 0 Å². The molecule has 2 N–H and O–H groups in total. The molecule has 76 valence electrons. The third kappa shape index (κ3) is 2.87. The lowest BCUT2D eigenvalue weighted by molar-refractivity contribution is 0.968. The standard InChI is InChI=1S/C10H9BrN4/c11-8-1-2-10(9(14)7-8)15(5-3-12)6-4-13/h1-2,7H,5-6,14H2. The first-order valence-electron chi connectivity index (χ1n) is 4.23. The number of hydrogen-bond donors (Lipinski definition) is 1. The van der Waals surface area contributed by atoms with E-state index >= 15 is 0 Å². The van der Waals surface area contributed by atoms with Crippen LogP contribution in [0.2, 0.25) is 0 Å². The normalized spacial score (nSPS) is 9.00. The topological polar surface area (TPSA) is 76.8 Å². The molecule has 4 nitrogen and oxygen atoms in total. The molecule has 0 bridgehead atoms. The maximum absolute atomic E-state index is 8.62. The number of rotatable bonds is 3. The van der Waals surface area contributed by atoms with E-state index in [0.29, 0.717) is 11.4 Å². The van der Waals surface area contributed by atoms with Gasteiger partial charge in [-0.15, -0.1) is 0 Å². The third-order valence-corrected chi connectivity index (χ3v) is 2.35. The number of nitrogen functional groups attached to an aromatic ring is 1. The van der Waals surface area contributed by atoms with E-state index in [9.17, 15) is 0 Å². The van der Waals surface area contributed by atoms with Crippen molar-refractivity contribution in [3.63, 3.8) is 0 Å². The number of halogens is 1. The summed E-state index contributed by atoms with van der Waals surface area (Å²) in [6, 6.07) is 9.36. The van der Waals surface area contributed by atoms with Crippen LogP contribution in [0.5, 0.6) is 0 Å². The summed E-state index contributed by atoms with van der Waals surface area (Å²) in [4.78, 5) is 1.63. The Hall–Kier alpha value is -1.72. The molecule has 0 unspecified atom stereocenters. The monoisotopic (exact) mass is 264 g/mol. The molecule has 0 aliphatic carbocycles. The lowest BCUT2D eigenvalue weighted by Gasteiger charge is -2.19. The third-order valence-electron chi connectivity index (χ3n) is 1.85. The molecule has 1 aromatic carbocycles. The van der Waals surface area contributed by atoms with Crippen LogP contribution >= 0.6 is 15.9 Å². The van der Waals surface area contributed by atoms with Gasteiger partial charge in [-0.1, -0.05) is 15.9 Å². The Morgan fingerprint density at radius 1 is 1.27 bits per heavy atom. The van der Waals surface area contributed by atoms with E-state index < -0.39 is 0 Å². The van der Waals surface area contributed by atoms with Crippen molar-refractivity contribution < 1.29 is 0 Å². The van der Waals surface area contributed by atoms with Crippen molar-refractivity contribution in [1.82, 2.24) is 0 Å². The summed E-state index contributed by atoms with van der Waals surface area (Å²) in [6.45, 7) is 0.304. The number of nitriles is 2. The lowest BCUT2D eigenvalue weighted by Crippen LogP contribution is -2.24. The Balaban J connectivity index is 3.02. The molecule has 15 heavy (non-hydrogen) atoms. The summed E-state index contributed by atoms with van der Waals surface area (Å²) in [5.41, 5.74) is 7.05. The van der Waals surface area contributed by atoms with Crippen LogP contribution < -0.4 is 10.6 Å². The zero-order valence-corrected chi connectivity index (χ0v) is 9.53. The molecule has 0 fully saturated rings. The molecular weight excluding hydrogens is 256 g/mol. The Morgan fingerprint density at radius 2 is 1.87 bits per heavy atom. The average Bonchev–Trinajstić information content (AvgIpc) is 2.17. The van der Waals surface area contributed by atoms with E-state index in [1.807, 2.05) is 18.2 Å². The fraction of sp³-hybridized carbons (Fsp3) is 0.200. The van der Waals surface area contributed by atoms with Gasteiger partial charge in [0.15, 0.2) is 0 Å². The van der Waals surface area contributed by atoms with Crippen LogP contribution in [-0.4, -0.2) is 13.1 Å². The minimum absolute atomic E-state index is 0.152. The molecule has 1 rings (SSSR count). The van der Waals surface area contributed by atoms with E-state index in [1.54, 1.807) is 17.0 Å². The zero-order valence-electron chi connectivity index (χ0n) is 7.94. The second kappa shape index (κ2) is 5.23. The van der Waals surface area contributed by atoms with Gasteiger partial charge in [-0.05, 0) is 18.2 Å². The smallest absolute Gasteiger partial charge is 0.107 e. The molecule has 1 aromatic rings. The van der Waals surface area contributed by atoms with Crippen LogP contribution in [0.3, 0.4) is 0 Å². The number of nitrogens with two attached hydrogens (primary N) is 1. The molecule has 0 saturated heterocycles. The quantitative estimate of drug-likeness (QED) is 0.668. The molecule has 0 atom stereocenters. The Labute approximate surface area is 96.6 Å². The Kier molecular flexibility index (Phi) is 3.96. The second-order valence-corrected chi connectivity index (χ2v) is 3.79. The van der Waals surface area contributed by atoms with Crippen molar-refractivity contribution >= 4 is 27.3 Å². The van der Waals surface area contributed by atoms with Gasteiger partial charge in [0, 0.05) is 4.47 Å². The second-order valence-electron chi connectivity index (χ2n) is 2.88. The van der Waals surface area contributed by atoms with Gasteiger partial charge >= 0.3 is 0 Å². The first kappa shape index (κ1) is 11.4. The van der Waals surface area contributed by atoms with Gasteiger partial charge in [0.2, 0.25) is 0 Å². The predicted molar refractivity (Wildman–Crippen MR) is 62.0 cm³/mol. The van der Waals surface area contributed by atoms with Crippen molar-refractivity contribution in [2.24, 2.45) is 0 Å². The largest absolute Gasteiger partial charge is 0.397 e. The van der Waals surface area contributed by atoms with E-state index in [0.717, 1.165) is 4.47 Å². The fourth-order valence-electron chi connectivity index (χ4n) is 1.21. The van der Waals surface area contributed by atoms with Gasteiger partial charge in [-0.25, -0.2) is 0 Å². The summed E-state index contributed by atoms with van der Waals surface area (Å²) in [6.07, 6.45) is 0. The highest BCUT2D eigenvalue weighted by molar-refractivity contribution is 9.10. The average molecular weight is 265 g/mol. The summed E-state index contributed by atoms with van der Waals surface area (Å²) in [7, 11) is 0. The summed E-state index contributed by atoms with van der Waals surface area (Å²) in [5.74, 6) is 0. The number of benzene rings is 1. The van der Waals surface area contributed by atoms with Crippen LogP contribution in [0.1, 0.15) is 0 Å². The summed E-state index contributed by atoms with van der Waals surface area (Å²) in [5, 5.41) is 17.2. The van der Waals surface area contributed by atoms with Crippen molar-refractivity contribution in [3.8, 4) is 12.1 Å². The Bertz CT molecular complexity index is 414. The maximum atomic E-state index is 8.62. The lowest BCUT2D eigenvalue weighted by atomic mass is 10.2. The van der Waals surface area contributed by atoms with E-state index in [2.05, 4.69) is 15.9 Å². The highest BCUT2D eigenvalue weighted by atomic mass is 79.9. The van der Waals surface area contributed by atoms with E-state index in [4.69, 9.17) is 16.3 Å². The van der Waals surface area contributed by atoms with Gasteiger partial charge in [0.25, 0.3) is 0 Å². The van der Waals surface area contributed by atoms with Gasteiger partial charge in [0.05, 0.1) is 23.5 Å². The zero-order chi connectivity index (χ0) is 11.3. The molecule has 0 amide bonds. The number of hydrogen-bond acceptors (Lipinski definition) is 4. The molecule has 0 saturated carbocycles. The molecule has 5 heteroatoms. The van der Waals surface area contributed by atoms with Crippen LogP contribution in [0.25, 0.3) is 0 Å². The van der Waals surface area contributed by atoms with E-state index in [-0.39, 0.29) is 13.1 Å². The van der Waals surface area contributed by atoms with Gasteiger partial charge in [-0.2, -0.15) is 10.5 Å². The molecule has 0 aromatic heterocycles. The van der Waals surface area contributed by atoms with E-state index in [1.165, 1.54) is 0 Å². The van der Waals surface area contributed by atoms with Crippen LogP contribution in [0, 0.1) is 22.7 Å². The van der Waals surface area contributed by atoms with Crippen molar-refractivity contribution in [3.05, 3.63) is 22.7 Å². The molecular formula is C10H9BrN4. The highest BCUT2D eigenvalue weighted by Crippen LogP contribution is 2.26. The molecule has 0 heterocycles. The van der Waals surface area contributed by atoms with Gasteiger partial charge < -0.3 is 10.6 Å². The SMILES string of the molecule is N#CCN(CC#N)c1ccc(Br)cc1N. The van der Waals surface area contributed by atoms with Crippen LogP contribution in [0.4, 0.5) is 11.4 Å². The molecule has 0 radical (unpaired) electrons. The van der Waals surface area contributed by atoms with Crippen molar-refractivity contribution in [2.75, 3.05) is 23.7 Å². The fourth-order valence-corrected chi connectivity index (χ4v) is 1.59. The van der Waals surface area contributed by atoms with Crippen LogP contribution in [-0.2, 0) is 0 Å². The molecule has 0 spiro atoms. The van der Waals surface area contributed by atoms with Crippen molar-refractivity contribution in [1.29, 1.82) is 10.5 Å². The minimum Gasteiger partial charge on any atom is -0.397 e. The number of anilines is 2. The predicted octanol–water partition coefficient (Wildman–Crippen LogP) is 1.88. The summed E-state index contributed by atoms with van der Waals surface area (Å²) < 4.78 is 0.873. The maximum Gasteiger partial charge on any atom is 0.107 e. The minimum atomic E-state index is 0.152. The Morgan fingerprint density at radius 3 is 2.33 bits per heavy atom. The summed E-state index contributed by atoms with van der Waals surface area (Å²) >= 11 is 3.29. The van der Waals surface area contributed by atoms with Gasteiger partial charge in [-0.3, -0.25) is 0 Å². The first-order valence-corrected chi connectivity index (χ1v) is 5.02. The molecule has 0 aliphatic heterocycles. The van der Waals surface area contributed by atoms with Crippen LogP contribution in [0.15, 0.2) is 22.7 Å². The highest BCUT2D eigenvalue weighted by Gasteiger charge is 2.08. The first-order chi connectivity index (χ1) is 7.19.